The molecule has 1 aromatic rings. The van der Waals surface area contributed by atoms with E-state index in [4.69, 9.17) is 11.0 Å². The van der Waals surface area contributed by atoms with E-state index in [0.717, 1.165) is 31.6 Å². The second kappa shape index (κ2) is 4.89. The summed E-state index contributed by atoms with van der Waals surface area (Å²) in [6.07, 6.45) is 3.18. The minimum absolute atomic E-state index is 0.245. The highest BCUT2D eigenvalue weighted by Crippen LogP contribution is 2.30. The number of fused-ring (bicyclic) bond motifs is 1. The van der Waals surface area contributed by atoms with Crippen molar-refractivity contribution in [1.82, 2.24) is 0 Å². The summed E-state index contributed by atoms with van der Waals surface area (Å²) in [5.74, 6) is 0. The van der Waals surface area contributed by atoms with Crippen LogP contribution >= 0.6 is 0 Å². The van der Waals surface area contributed by atoms with Gasteiger partial charge >= 0.3 is 0 Å². The topological polar surface area (TPSA) is 53.0 Å². The van der Waals surface area contributed by atoms with Gasteiger partial charge in [-0.05, 0) is 56.9 Å². The van der Waals surface area contributed by atoms with Crippen LogP contribution in [-0.2, 0) is 6.42 Å². The molecule has 3 nitrogen and oxygen atoms in total. The summed E-state index contributed by atoms with van der Waals surface area (Å²) >= 11 is 0. The Hall–Kier alpha value is -1.69. The van der Waals surface area contributed by atoms with Crippen LogP contribution in [0.4, 0.5) is 11.4 Å². The number of hydrogen-bond acceptors (Lipinski definition) is 3. The molecule has 0 spiro atoms. The molecule has 0 radical (unpaired) electrons. The predicted molar refractivity (Wildman–Crippen MR) is 75.4 cm³/mol. The molecule has 1 aliphatic heterocycles. The van der Waals surface area contributed by atoms with Gasteiger partial charge in [0.05, 0.1) is 11.5 Å². The fourth-order valence-electron chi connectivity index (χ4n) is 2.40. The number of nitrogens with zero attached hydrogens (tertiary/aromatic N) is 2. The van der Waals surface area contributed by atoms with Crippen molar-refractivity contribution in [3.8, 4) is 6.07 Å². The van der Waals surface area contributed by atoms with Crippen LogP contribution in [-0.4, -0.2) is 13.1 Å². The molecule has 96 valence electrons. The van der Waals surface area contributed by atoms with Gasteiger partial charge in [-0.1, -0.05) is 0 Å². The summed E-state index contributed by atoms with van der Waals surface area (Å²) in [7, 11) is 0. The fraction of sp³-hybridized carbons (Fsp3) is 0.533. The van der Waals surface area contributed by atoms with Crippen LogP contribution in [0.5, 0.6) is 0 Å². The molecule has 0 aromatic heterocycles. The monoisotopic (exact) mass is 243 g/mol. The first kappa shape index (κ1) is 12.8. The molecule has 3 heteroatoms. The van der Waals surface area contributed by atoms with Gasteiger partial charge < -0.3 is 10.6 Å². The Kier molecular flexibility index (Phi) is 3.47. The lowest BCUT2D eigenvalue weighted by molar-refractivity contribution is 0.447. The molecule has 0 saturated carbocycles. The maximum absolute atomic E-state index is 9.07. The lowest BCUT2D eigenvalue weighted by Gasteiger charge is -2.33. The maximum atomic E-state index is 9.07. The van der Waals surface area contributed by atoms with E-state index < -0.39 is 0 Å². The third-order valence-corrected chi connectivity index (χ3v) is 3.63. The Labute approximate surface area is 109 Å². The Balaban J connectivity index is 2.11. The molecular weight excluding hydrogens is 222 g/mol. The lowest BCUT2D eigenvalue weighted by atomic mass is 9.90. The molecule has 1 heterocycles. The van der Waals surface area contributed by atoms with E-state index in [1.54, 1.807) is 0 Å². The standard InChI is InChI=1S/C15H21N3/c1-15(2,11-16)7-9-18-8-3-4-12-10-13(17)5-6-14(12)18/h5-6,10H,3-4,7-9,17H2,1-2H3. The van der Waals surface area contributed by atoms with E-state index in [9.17, 15) is 0 Å². The molecule has 1 aromatic carbocycles. The molecule has 0 aliphatic carbocycles. The van der Waals surface area contributed by atoms with E-state index >= 15 is 0 Å². The highest BCUT2D eigenvalue weighted by molar-refractivity contribution is 5.61. The van der Waals surface area contributed by atoms with Crippen molar-refractivity contribution in [3.63, 3.8) is 0 Å². The molecule has 0 saturated heterocycles. The number of benzene rings is 1. The van der Waals surface area contributed by atoms with E-state index in [2.05, 4.69) is 23.1 Å². The second-order valence-electron chi connectivity index (χ2n) is 5.72. The highest BCUT2D eigenvalue weighted by atomic mass is 15.1. The summed E-state index contributed by atoms with van der Waals surface area (Å²) in [6.45, 7) is 6.03. The zero-order valence-corrected chi connectivity index (χ0v) is 11.2. The summed E-state index contributed by atoms with van der Waals surface area (Å²) in [6, 6.07) is 8.53. The van der Waals surface area contributed by atoms with Crippen LogP contribution in [0, 0.1) is 16.7 Å². The first-order valence-corrected chi connectivity index (χ1v) is 6.56. The minimum atomic E-state index is -0.245. The highest BCUT2D eigenvalue weighted by Gasteiger charge is 2.21. The van der Waals surface area contributed by atoms with Crippen LogP contribution in [0.2, 0.25) is 0 Å². The smallest absolute Gasteiger partial charge is 0.0684 e. The molecular formula is C15H21N3. The molecule has 2 rings (SSSR count). The van der Waals surface area contributed by atoms with Crippen LogP contribution in [0.3, 0.4) is 0 Å². The minimum Gasteiger partial charge on any atom is -0.399 e. The molecule has 0 bridgehead atoms. The van der Waals surface area contributed by atoms with Gasteiger partial charge in [-0.2, -0.15) is 5.26 Å². The SMILES string of the molecule is CC(C)(C#N)CCN1CCCc2cc(N)ccc21. The summed E-state index contributed by atoms with van der Waals surface area (Å²) in [5, 5.41) is 9.07. The van der Waals surface area contributed by atoms with Crippen LogP contribution in [0.1, 0.15) is 32.3 Å². The van der Waals surface area contributed by atoms with Crippen molar-refractivity contribution in [1.29, 1.82) is 5.26 Å². The van der Waals surface area contributed by atoms with Crippen LogP contribution < -0.4 is 10.6 Å². The first-order chi connectivity index (χ1) is 8.52. The fourth-order valence-corrected chi connectivity index (χ4v) is 2.40. The van der Waals surface area contributed by atoms with Crippen molar-refractivity contribution in [2.45, 2.75) is 33.1 Å². The molecule has 0 atom stereocenters. The number of hydrogen-bond donors (Lipinski definition) is 1. The summed E-state index contributed by atoms with van der Waals surface area (Å²) in [5.41, 5.74) is 9.07. The number of nitrogen functional groups attached to an aromatic ring is 1. The van der Waals surface area contributed by atoms with E-state index in [0.29, 0.717) is 0 Å². The van der Waals surface area contributed by atoms with Crippen LogP contribution in [0.25, 0.3) is 0 Å². The Morgan fingerprint density at radius 3 is 2.94 bits per heavy atom. The van der Waals surface area contributed by atoms with E-state index in [-0.39, 0.29) is 5.41 Å². The number of aryl methyl sites for hydroxylation is 1. The van der Waals surface area contributed by atoms with Crippen LogP contribution in [0.15, 0.2) is 18.2 Å². The lowest BCUT2D eigenvalue weighted by Crippen LogP contribution is -2.32. The predicted octanol–water partition coefficient (Wildman–Crippen LogP) is 2.96. The maximum Gasteiger partial charge on any atom is 0.0684 e. The Morgan fingerprint density at radius 1 is 1.44 bits per heavy atom. The number of rotatable bonds is 3. The van der Waals surface area contributed by atoms with Gasteiger partial charge in [0.15, 0.2) is 0 Å². The van der Waals surface area contributed by atoms with Gasteiger partial charge in [0.2, 0.25) is 0 Å². The molecule has 2 N–H and O–H groups in total. The van der Waals surface area contributed by atoms with Gasteiger partial charge in [-0.3, -0.25) is 0 Å². The molecule has 0 unspecified atom stereocenters. The van der Waals surface area contributed by atoms with E-state index in [1.165, 1.54) is 17.7 Å². The molecule has 0 amide bonds. The second-order valence-corrected chi connectivity index (χ2v) is 5.72. The number of nitriles is 1. The van der Waals surface area contributed by atoms with Gasteiger partial charge in [0, 0.05) is 24.5 Å². The van der Waals surface area contributed by atoms with Crippen molar-refractivity contribution in [2.75, 3.05) is 23.7 Å². The molecule has 18 heavy (non-hydrogen) atoms. The van der Waals surface area contributed by atoms with Crippen molar-refractivity contribution in [2.24, 2.45) is 5.41 Å². The van der Waals surface area contributed by atoms with Gasteiger partial charge in [0.1, 0.15) is 0 Å². The average Bonchev–Trinajstić information content (AvgIpc) is 2.36. The number of anilines is 2. The van der Waals surface area contributed by atoms with Crippen molar-refractivity contribution in [3.05, 3.63) is 23.8 Å². The molecule has 0 fully saturated rings. The van der Waals surface area contributed by atoms with Crippen molar-refractivity contribution >= 4 is 11.4 Å². The average molecular weight is 243 g/mol. The summed E-state index contributed by atoms with van der Waals surface area (Å²) < 4.78 is 0. The summed E-state index contributed by atoms with van der Waals surface area (Å²) in [4.78, 5) is 2.39. The first-order valence-electron chi connectivity index (χ1n) is 6.56. The quantitative estimate of drug-likeness (QED) is 0.830. The zero-order chi connectivity index (χ0) is 13.2. The third-order valence-electron chi connectivity index (χ3n) is 3.63. The Bertz CT molecular complexity index is 471. The van der Waals surface area contributed by atoms with Gasteiger partial charge in [0.25, 0.3) is 0 Å². The molecule has 1 aliphatic rings. The number of nitrogens with two attached hydrogens (primary N) is 1. The largest absolute Gasteiger partial charge is 0.399 e. The van der Waals surface area contributed by atoms with E-state index in [1.807, 2.05) is 19.9 Å². The zero-order valence-electron chi connectivity index (χ0n) is 11.2. The Morgan fingerprint density at radius 2 is 2.22 bits per heavy atom. The van der Waals surface area contributed by atoms with Crippen molar-refractivity contribution < 1.29 is 0 Å². The van der Waals surface area contributed by atoms with Gasteiger partial charge in [-0.15, -0.1) is 0 Å². The third kappa shape index (κ3) is 2.76. The van der Waals surface area contributed by atoms with Gasteiger partial charge in [-0.25, -0.2) is 0 Å². The normalized spacial score (nSPS) is 15.1.